The van der Waals surface area contributed by atoms with Crippen molar-refractivity contribution in [3.63, 3.8) is 0 Å². The van der Waals surface area contributed by atoms with E-state index in [4.69, 9.17) is 22.7 Å². The van der Waals surface area contributed by atoms with Crippen LogP contribution in [0.15, 0.2) is 0 Å². The summed E-state index contributed by atoms with van der Waals surface area (Å²) in [4.78, 5) is 13.5. The Kier molecular flexibility index (Phi) is 6.51. The molecule has 0 saturated carbocycles. The van der Waals surface area contributed by atoms with Crippen LogP contribution in [0, 0.1) is 0 Å². The van der Waals surface area contributed by atoms with E-state index in [1.54, 1.807) is 6.92 Å². The van der Waals surface area contributed by atoms with Crippen molar-refractivity contribution in [3.05, 3.63) is 0 Å². The minimum atomic E-state index is -3.65. The second-order valence-electron chi connectivity index (χ2n) is 5.23. The van der Waals surface area contributed by atoms with Gasteiger partial charge in [0.25, 0.3) is 0 Å². The van der Waals surface area contributed by atoms with Gasteiger partial charge in [0, 0.05) is 13.1 Å². The van der Waals surface area contributed by atoms with Crippen molar-refractivity contribution in [2.24, 2.45) is 5.73 Å². The maximum absolute atomic E-state index is 12.2. The molecule has 1 saturated heterocycles. The summed E-state index contributed by atoms with van der Waals surface area (Å²) in [5.74, 6) is -0.859. The molecule has 1 heterocycles. The molecular weight excluding hydrogens is 314 g/mol. The van der Waals surface area contributed by atoms with Crippen LogP contribution in [0.5, 0.6) is 0 Å². The lowest BCUT2D eigenvalue weighted by molar-refractivity contribution is -0.142. The molecule has 0 aromatic rings. The quantitative estimate of drug-likeness (QED) is 0.482. The zero-order valence-corrected chi connectivity index (χ0v) is 14.1. The van der Waals surface area contributed by atoms with Crippen LogP contribution in [0.25, 0.3) is 0 Å². The Balaban J connectivity index is 2.70. The number of nitrogens with zero attached hydrogens (tertiary/aromatic N) is 1. The Morgan fingerprint density at radius 1 is 1.43 bits per heavy atom. The third kappa shape index (κ3) is 5.50. The molecule has 0 spiro atoms. The van der Waals surface area contributed by atoms with Gasteiger partial charge < -0.3 is 15.4 Å². The Bertz CT molecular complexity index is 485. The number of ether oxygens (including phenoxy) is 1. The van der Waals surface area contributed by atoms with Gasteiger partial charge in [-0.2, -0.15) is 0 Å². The molecule has 0 bridgehead atoms. The van der Waals surface area contributed by atoms with Crippen LogP contribution in [-0.4, -0.2) is 62.3 Å². The number of piperidine rings is 1. The first-order chi connectivity index (χ1) is 9.71. The van der Waals surface area contributed by atoms with Crippen LogP contribution in [0.1, 0.15) is 26.2 Å². The summed E-state index contributed by atoms with van der Waals surface area (Å²) in [5, 5.41) is 0. The summed E-state index contributed by atoms with van der Waals surface area (Å²) < 4.78 is 31.6. The second kappa shape index (κ2) is 7.48. The molecule has 1 aliphatic rings. The number of likely N-dealkylation sites (tertiary alicyclic amines) is 1. The predicted molar refractivity (Wildman–Crippen MR) is 84.4 cm³/mol. The fraction of sp³-hybridized carbons (Fsp3) is 0.833. The summed E-state index contributed by atoms with van der Waals surface area (Å²) >= 11 is 5.05. The van der Waals surface area contributed by atoms with E-state index in [1.165, 1.54) is 0 Å². The molecule has 7 nitrogen and oxygen atoms in total. The first-order valence-electron chi connectivity index (χ1n) is 6.86. The van der Waals surface area contributed by atoms with Crippen molar-refractivity contribution < 1.29 is 17.9 Å². The normalized spacial score (nSPS) is 19.1. The summed E-state index contributed by atoms with van der Waals surface area (Å²) in [5.41, 5.74) is 4.86. The van der Waals surface area contributed by atoms with Gasteiger partial charge in [0.1, 0.15) is 0 Å². The molecule has 0 atom stereocenters. The molecule has 0 aliphatic carbocycles. The molecule has 122 valence electrons. The van der Waals surface area contributed by atoms with E-state index in [0.717, 1.165) is 0 Å². The highest BCUT2D eigenvalue weighted by molar-refractivity contribution is 7.89. The summed E-state index contributed by atoms with van der Waals surface area (Å²) in [6.45, 7) is 3.32. The first kappa shape index (κ1) is 18.3. The molecule has 3 N–H and O–H groups in total. The number of hydrogen-bond donors (Lipinski definition) is 2. The van der Waals surface area contributed by atoms with E-state index in [1.807, 2.05) is 7.05 Å². The molecule has 0 aromatic carbocycles. The van der Waals surface area contributed by atoms with E-state index < -0.39 is 21.5 Å². The number of thiocarbonyl (C=S) groups is 1. The molecule has 0 unspecified atom stereocenters. The molecule has 0 amide bonds. The standard InChI is InChI=1S/C12H23N3O4S2/c1-3-19-10(16)4-9-21(17,18)14-12(11(13)20)5-7-15(2)8-6-12/h14H,3-9H2,1-2H3,(H2,13,20). The van der Waals surface area contributed by atoms with Crippen LogP contribution in [0.4, 0.5) is 0 Å². The highest BCUT2D eigenvalue weighted by Crippen LogP contribution is 2.23. The lowest BCUT2D eigenvalue weighted by atomic mass is 9.89. The maximum atomic E-state index is 12.2. The number of nitrogens with one attached hydrogen (secondary N) is 1. The zero-order valence-electron chi connectivity index (χ0n) is 12.4. The van der Waals surface area contributed by atoms with Gasteiger partial charge in [-0.05, 0) is 26.8 Å². The summed E-state index contributed by atoms with van der Waals surface area (Å²) in [6, 6.07) is 0. The Hall–Kier alpha value is -0.770. The topological polar surface area (TPSA) is 102 Å². The van der Waals surface area contributed by atoms with Crippen molar-refractivity contribution in [3.8, 4) is 0 Å². The smallest absolute Gasteiger partial charge is 0.306 e. The predicted octanol–water partition coefficient (Wildman–Crippen LogP) is -0.390. The third-order valence-electron chi connectivity index (χ3n) is 3.54. The molecule has 9 heteroatoms. The number of rotatable bonds is 7. The van der Waals surface area contributed by atoms with Crippen LogP contribution in [-0.2, 0) is 19.6 Å². The molecular formula is C12H23N3O4S2. The van der Waals surface area contributed by atoms with Crippen LogP contribution >= 0.6 is 12.2 Å². The van der Waals surface area contributed by atoms with E-state index in [2.05, 4.69) is 9.62 Å². The number of sulfonamides is 1. The number of hydrogen-bond acceptors (Lipinski definition) is 6. The largest absolute Gasteiger partial charge is 0.466 e. The van der Waals surface area contributed by atoms with E-state index in [-0.39, 0.29) is 23.8 Å². The average Bonchev–Trinajstić information content (AvgIpc) is 2.39. The Labute approximate surface area is 131 Å². The van der Waals surface area contributed by atoms with Gasteiger partial charge in [0.2, 0.25) is 10.0 Å². The Morgan fingerprint density at radius 3 is 2.48 bits per heavy atom. The van der Waals surface area contributed by atoms with Gasteiger partial charge in [-0.3, -0.25) is 4.79 Å². The van der Waals surface area contributed by atoms with Crippen molar-refractivity contribution in [2.75, 3.05) is 32.5 Å². The summed E-state index contributed by atoms with van der Waals surface area (Å²) in [6.07, 6.45) is 0.866. The number of nitrogens with two attached hydrogens (primary N) is 1. The molecule has 21 heavy (non-hydrogen) atoms. The fourth-order valence-electron chi connectivity index (χ4n) is 2.20. The zero-order chi connectivity index (χ0) is 16.1. The SMILES string of the molecule is CCOC(=O)CCS(=O)(=O)NC1(C(N)=S)CCN(C)CC1. The second-order valence-corrected chi connectivity index (χ2v) is 7.51. The highest BCUT2D eigenvalue weighted by atomic mass is 32.2. The molecule has 0 radical (unpaired) electrons. The molecule has 0 aromatic heterocycles. The highest BCUT2D eigenvalue weighted by Gasteiger charge is 2.39. The van der Waals surface area contributed by atoms with Crippen molar-refractivity contribution >= 4 is 33.2 Å². The molecule has 1 fully saturated rings. The van der Waals surface area contributed by atoms with Crippen molar-refractivity contribution in [2.45, 2.75) is 31.7 Å². The Morgan fingerprint density at radius 2 is 2.00 bits per heavy atom. The van der Waals surface area contributed by atoms with Gasteiger partial charge in [0.15, 0.2) is 0 Å². The van der Waals surface area contributed by atoms with Crippen LogP contribution < -0.4 is 10.5 Å². The van der Waals surface area contributed by atoms with Gasteiger partial charge in [-0.25, -0.2) is 13.1 Å². The van der Waals surface area contributed by atoms with Gasteiger partial charge in [-0.1, -0.05) is 12.2 Å². The number of esters is 1. The number of carbonyl (C=O) groups excluding carboxylic acids is 1. The lowest BCUT2D eigenvalue weighted by Crippen LogP contribution is -2.61. The molecule has 1 rings (SSSR count). The minimum Gasteiger partial charge on any atom is -0.466 e. The van der Waals surface area contributed by atoms with Gasteiger partial charge in [0.05, 0.1) is 29.3 Å². The maximum Gasteiger partial charge on any atom is 0.306 e. The van der Waals surface area contributed by atoms with E-state index in [0.29, 0.717) is 25.9 Å². The van der Waals surface area contributed by atoms with Crippen molar-refractivity contribution in [1.82, 2.24) is 9.62 Å². The first-order valence-corrected chi connectivity index (χ1v) is 8.92. The average molecular weight is 337 g/mol. The van der Waals surface area contributed by atoms with Crippen LogP contribution in [0.2, 0.25) is 0 Å². The molecule has 1 aliphatic heterocycles. The van der Waals surface area contributed by atoms with Gasteiger partial charge >= 0.3 is 5.97 Å². The lowest BCUT2D eigenvalue weighted by Gasteiger charge is -2.40. The number of carbonyl (C=O) groups is 1. The fourth-order valence-corrected chi connectivity index (χ4v) is 3.97. The van der Waals surface area contributed by atoms with Crippen molar-refractivity contribution in [1.29, 1.82) is 0 Å². The van der Waals surface area contributed by atoms with Gasteiger partial charge in [-0.15, -0.1) is 0 Å². The monoisotopic (exact) mass is 337 g/mol. The third-order valence-corrected chi connectivity index (χ3v) is 5.38. The minimum absolute atomic E-state index is 0.148. The van der Waals surface area contributed by atoms with E-state index in [9.17, 15) is 13.2 Å². The van der Waals surface area contributed by atoms with E-state index >= 15 is 0 Å². The van der Waals surface area contributed by atoms with Crippen LogP contribution in [0.3, 0.4) is 0 Å². The summed E-state index contributed by atoms with van der Waals surface area (Å²) in [7, 11) is -1.70.